The molecule has 1 aromatic rings. The average molecular weight is 250 g/mol. The summed E-state index contributed by atoms with van der Waals surface area (Å²) in [6.07, 6.45) is 3.32. The fourth-order valence-electron chi connectivity index (χ4n) is 2.11. The highest BCUT2D eigenvalue weighted by Crippen LogP contribution is 2.24. The molecule has 0 amide bonds. The maximum absolute atomic E-state index is 11.0. The van der Waals surface area contributed by atoms with Crippen molar-refractivity contribution in [2.24, 2.45) is 0 Å². The van der Waals surface area contributed by atoms with Gasteiger partial charge in [0, 0.05) is 31.4 Å². The summed E-state index contributed by atoms with van der Waals surface area (Å²) in [6.45, 7) is 6.02. The van der Waals surface area contributed by atoms with Crippen LogP contribution in [0.15, 0.2) is 12.5 Å². The Morgan fingerprint density at radius 2 is 2.39 bits per heavy atom. The third kappa shape index (κ3) is 2.59. The lowest BCUT2D eigenvalue weighted by Crippen LogP contribution is -2.54. The van der Waals surface area contributed by atoms with Crippen molar-refractivity contribution in [1.82, 2.24) is 15.3 Å². The molecule has 1 unspecified atom stereocenters. The minimum atomic E-state index is -0.820. The lowest BCUT2D eigenvalue weighted by atomic mass is 10.0. The van der Waals surface area contributed by atoms with Gasteiger partial charge in [0.2, 0.25) is 0 Å². The predicted octanol–water partition coefficient (Wildman–Crippen LogP) is 0.463. The van der Waals surface area contributed by atoms with Crippen LogP contribution in [-0.4, -0.2) is 46.7 Å². The molecule has 6 heteroatoms. The zero-order valence-electron chi connectivity index (χ0n) is 10.6. The first kappa shape index (κ1) is 12.8. The summed E-state index contributed by atoms with van der Waals surface area (Å²) >= 11 is 0. The van der Waals surface area contributed by atoms with E-state index in [1.165, 1.54) is 6.33 Å². The molecule has 0 bridgehead atoms. The number of aliphatic carboxylic acids is 1. The monoisotopic (exact) mass is 250 g/mol. The Labute approximate surface area is 106 Å². The van der Waals surface area contributed by atoms with Crippen molar-refractivity contribution in [1.29, 1.82) is 0 Å². The van der Waals surface area contributed by atoms with Gasteiger partial charge < -0.3 is 15.3 Å². The van der Waals surface area contributed by atoms with Crippen molar-refractivity contribution in [3.8, 4) is 0 Å². The van der Waals surface area contributed by atoms with E-state index in [0.29, 0.717) is 19.0 Å². The van der Waals surface area contributed by atoms with E-state index in [-0.39, 0.29) is 0 Å². The van der Waals surface area contributed by atoms with Crippen LogP contribution in [-0.2, 0) is 4.79 Å². The number of carboxylic acid groups (broad SMARTS) is 1. The van der Waals surface area contributed by atoms with Gasteiger partial charge in [-0.3, -0.25) is 4.79 Å². The minimum absolute atomic E-state index is 0.319. The molecule has 0 aromatic carbocycles. The number of carboxylic acids is 1. The number of anilines is 1. The van der Waals surface area contributed by atoms with Crippen LogP contribution in [0.25, 0.3) is 0 Å². The number of carbonyl (C=O) groups is 1. The van der Waals surface area contributed by atoms with E-state index in [9.17, 15) is 4.79 Å². The van der Waals surface area contributed by atoms with Crippen molar-refractivity contribution in [3.63, 3.8) is 0 Å². The molecule has 2 rings (SSSR count). The van der Waals surface area contributed by atoms with E-state index in [2.05, 4.69) is 29.1 Å². The number of aromatic nitrogens is 2. The lowest BCUT2D eigenvalue weighted by molar-refractivity contribution is -0.139. The van der Waals surface area contributed by atoms with E-state index in [1.54, 1.807) is 0 Å². The van der Waals surface area contributed by atoms with E-state index < -0.39 is 12.0 Å². The third-order valence-electron chi connectivity index (χ3n) is 3.11. The first-order valence-electron chi connectivity index (χ1n) is 6.10. The van der Waals surface area contributed by atoms with Gasteiger partial charge in [-0.05, 0) is 5.92 Å². The highest BCUT2D eigenvalue weighted by Gasteiger charge is 2.27. The topological polar surface area (TPSA) is 78.4 Å². The largest absolute Gasteiger partial charge is 0.480 e. The Balaban J connectivity index is 2.23. The first-order valence-corrected chi connectivity index (χ1v) is 6.10. The summed E-state index contributed by atoms with van der Waals surface area (Å²) in [6, 6.07) is -0.534. The molecule has 1 aromatic heterocycles. The Hall–Kier alpha value is -1.69. The van der Waals surface area contributed by atoms with Crippen LogP contribution in [0, 0.1) is 0 Å². The molecule has 2 heterocycles. The summed E-state index contributed by atoms with van der Waals surface area (Å²) in [5.74, 6) is 0.354. The van der Waals surface area contributed by atoms with Crippen molar-refractivity contribution >= 4 is 11.8 Å². The molecule has 1 atom stereocenters. The fraction of sp³-hybridized carbons (Fsp3) is 0.583. The van der Waals surface area contributed by atoms with Crippen LogP contribution in [0.1, 0.15) is 25.3 Å². The molecule has 0 radical (unpaired) electrons. The molecule has 98 valence electrons. The van der Waals surface area contributed by atoms with E-state index >= 15 is 0 Å². The maximum atomic E-state index is 11.0. The molecule has 0 saturated carbocycles. The van der Waals surface area contributed by atoms with Crippen molar-refractivity contribution in [2.45, 2.75) is 25.8 Å². The fourth-order valence-corrected chi connectivity index (χ4v) is 2.11. The normalized spacial score (nSPS) is 20.2. The summed E-state index contributed by atoms with van der Waals surface area (Å²) in [7, 11) is 0. The van der Waals surface area contributed by atoms with Crippen LogP contribution < -0.4 is 10.2 Å². The Kier molecular flexibility index (Phi) is 3.76. The molecule has 2 N–H and O–H groups in total. The van der Waals surface area contributed by atoms with Crippen molar-refractivity contribution < 1.29 is 9.90 Å². The van der Waals surface area contributed by atoms with Crippen LogP contribution in [0.4, 0.5) is 5.82 Å². The average Bonchev–Trinajstić information content (AvgIpc) is 2.39. The van der Waals surface area contributed by atoms with Gasteiger partial charge in [0.05, 0.1) is 0 Å². The summed E-state index contributed by atoms with van der Waals surface area (Å²) in [4.78, 5) is 21.4. The van der Waals surface area contributed by atoms with E-state index in [1.807, 2.05) is 11.1 Å². The molecule has 1 fully saturated rings. The Morgan fingerprint density at radius 3 is 3.06 bits per heavy atom. The molecule has 0 aliphatic carbocycles. The SMILES string of the molecule is CC(C)c1cncnc1N1CCNC(C(=O)O)C1. The van der Waals surface area contributed by atoms with Gasteiger partial charge in [-0.15, -0.1) is 0 Å². The molecule has 6 nitrogen and oxygen atoms in total. The molecular formula is C12H18N4O2. The van der Waals surface area contributed by atoms with Crippen molar-refractivity contribution in [3.05, 3.63) is 18.1 Å². The van der Waals surface area contributed by atoms with Crippen LogP contribution in [0.3, 0.4) is 0 Å². The maximum Gasteiger partial charge on any atom is 0.322 e. The molecule has 1 aliphatic rings. The lowest BCUT2D eigenvalue weighted by Gasteiger charge is -2.33. The van der Waals surface area contributed by atoms with Crippen LogP contribution in [0.2, 0.25) is 0 Å². The Bertz CT molecular complexity index is 436. The second-order valence-corrected chi connectivity index (χ2v) is 4.75. The zero-order valence-corrected chi connectivity index (χ0v) is 10.6. The van der Waals surface area contributed by atoms with Gasteiger partial charge in [0.15, 0.2) is 0 Å². The van der Waals surface area contributed by atoms with Crippen molar-refractivity contribution in [2.75, 3.05) is 24.5 Å². The molecule has 1 aliphatic heterocycles. The smallest absolute Gasteiger partial charge is 0.322 e. The first-order chi connectivity index (χ1) is 8.59. The highest BCUT2D eigenvalue weighted by molar-refractivity contribution is 5.74. The third-order valence-corrected chi connectivity index (χ3v) is 3.11. The van der Waals surface area contributed by atoms with E-state index in [4.69, 9.17) is 5.11 Å². The van der Waals surface area contributed by atoms with Gasteiger partial charge in [-0.25, -0.2) is 9.97 Å². The summed E-state index contributed by atoms with van der Waals surface area (Å²) in [5, 5.41) is 12.0. The van der Waals surface area contributed by atoms with Gasteiger partial charge >= 0.3 is 5.97 Å². The predicted molar refractivity (Wildman–Crippen MR) is 67.8 cm³/mol. The Morgan fingerprint density at radius 1 is 1.61 bits per heavy atom. The molecule has 0 spiro atoms. The van der Waals surface area contributed by atoms with Gasteiger partial charge in [-0.2, -0.15) is 0 Å². The number of piperazine rings is 1. The number of hydrogen-bond donors (Lipinski definition) is 2. The van der Waals surface area contributed by atoms with Crippen LogP contribution >= 0.6 is 0 Å². The summed E-state index contributed by atoms with van der Waals surface area (Å²) < 4.78 is 0. The number of nitrogens with one attached hydrogen (secondary N) is 1. The second-order valence-electron chi connectivity index (χ2n) is 4.75. The molecule has 18 heavy (non-hydrogen) atoms. The molecule has 1 saturated heterocycles. The number of nitrogens with zero attached hydrogens (tertiary/aromatic N) is 3. The summed E-state index contributed by atoms with van der Waals surface area (Å²) in [5.41, 5.74) is 1.06. The van der Waals surface area contributed by atoms with E-state index in [0.717, 1.165) is 17.9 Å². The standard InChI is InChI=1S/C12H18N4O2/c1-8(2)9-5-13-7-15-11(9)16-4-3-14-10(6-16)12(17)18/h5,7-8,10,14H,3-4,6H2,1-2H3,(H,17,18). The van der Waals surface area contributed by atoms with Gasteiger partial charge in [0.25, 0.3) is 0 Å². The van der Waals surface area contributed by atoms with Gasteiger partial charge in [0.1, 0.15) is 18.2 Å². The molecular weight excluding hydrogens is 232 g/mol. The number of rotatable bonds is 3. The second kappa shape index (κ2) is 5.30. The quantitative estimate of drug-likeness (QED) is 0.811. The van der Waals surface area contributed by atoms with Gasteiger partial charge in [-0.1, -0.05) is 13.8 Å². The number of hydrogen-bond acceptors (Lipinski definition) is 5. The minimum Gasteiger partial charge on any atom is -0.480 e. The highest BCUT2D eigenvalue weighted by atomic mass is 16.4. The zero-order chi connectivity index (χ0) is 13.1. The van der Waals surface area contributed by atoms with Crippen LogP contribution in [0.5, 0.6) is 0 Å².